The highest BCUT2D eigenvalue weighted by molar-refractivity contribution is 14.0. The summed E-state index contributed by atoms with van der Waals surface area (Å²) in [6, 6.07) is 0. The molecule has 1 aromatic rings. The highest BCUT2D eigenvalue weighted by atomic mass is 127. The Morgan fingerprint density at radius 2 is 2.12 bits per heavy atom. The van der Waals surface area contributed by atoms with E-state index in [0.717, 1.165) is 50.9 Å². The number of nitrogens with one attached hydrogen (secondary N) is 2. The zero-order valence-corrected chi connectivity index (χ0v) is 18.1. The van der Waals surface area contributed by atoms with Crippen molar-refractivity contribution in [2.24, 2.45) is 4.99 Å². The van der Waals surface area contributed by atoms with Crippen molar-refractivity contribution in [2.75, 3.05) is 26.3 Å². The van der Waals surface area contributed by atoms with Crippen LogP contribution in [-0.2, 0) is 16.7 Å². The van der Waals surface area contributed by atoms with Gasteiger partial charge in [0.05, 0.1) is 19.4 Å². The van der Waals surface area contributed by atoms with E-state index in [-0.39, 0.29) is 29.4 Å². The molecule has 2 N–H and O–H groups in total. The third kappa shape index (κ3) is 7.77. The van der Waals surface area contributed by atoms with Crippen molar-refractivity contribution in [1.29, 1.82) is 0 Å². The number of hydrogen-bond acceptors (Lipinski definition) is 4. The Balaban J connectivity index is 0.00000312. The average Bonchev–Trinajstić information content (AvgIpc) is 3.03. The van der Waals surface area contributed by atoms with E-state index in [9.17, 15) is 0 Å². The van der Waals surface area contributed by atoms with Gasteiger partial charge in [-0.15, -0.1) is 24.0 Å². The van der Waals surface area contributed by atoms with Crippen LogP contribution in [0.4, 0.5) is 0 Å². The summed E-state index contributed by atoms with van der Waals surface area (Å²) in [6.45, 7) is 12.1. The molecule has 2 heterocycles. The lowest BCUT2D eigenvalue weighted by atomic mass is 9.94. The molecule has 1 aliphatic rings. The number of aliphatic imine (C=N–C) groups is 1. The molecule has 0 radical (unpaired) electrons. The van der Waals surface area contributed by atoms with Crippen molar-refractivity contribution in [1.82, 2.24) is 15.6 Å². The molecule has 0 spiro atoms. The number of aromatic nitrogens is 1. The monoisotopic (exact) mass is 462 g/mol. The van der Waals surface area contributed by atoms with Crippen LogP contribution in [0.5, 0.6) is 0 Å². The summed E-state index contributed by atoms with van der Waals surface area (Å²) >= 11 is 0. The van der Waals surface area contributed by atoms with Crippen molar-refractivity contribution in [2.45, 2.75) is 52.5 Å². The van der Waals surface area contributed by atoms with Crippen LogP contribution in [0, 0.1) is 0 Å². The molecule has 0 saturated heterocycles. The topological polar surface area (TPSA) is 71.7 Å². The predicted octanol–water partition coefficient (Wildman–Crippen LogP) is 3.38. The minimum absolute atomic E-state index is 0. The average molecular weight is 462 g/mol. The molecule has 0 saturated carbocycles. The highest BCUT2D eigenvalue weighted by Gasteiger charge is 2.19. The van der Waals surface area contributed by atoms with E-state index in [1.54, 1.807) is 6.20 Å². The van der Waals surface area contributed by atoms with Gasteiger partial charge in [0, 0.05) is 18.5 Å². The maximum absolute atomic E-state index is 5.78. The number of guanidine groups is 1. The fraction of sp³-hybridized carbons (Fsp3) is 0.667. The second-order valence-electron chi connectivity index (χ2n) is 6.93. The van der Waals surface area contributed by atoms with E-state index < -0.39 is 0 Å². The van der Waals surface area contributed by atoms with Gasteiger partial charge in [-0.3, -0.25) is 0 Å². The summed E-state index contributed by atoms with van der Waals surface area (Å²) in [5, 5.41) is 6.62. The molecule has 1 aliphatic heterocycles. The Labute approximate surface area is 167 Å². The van der Waals surface area contributed by atoms with Gasteiger partial charge in [-0.25, -0.2) is 9.98 Å². The third-order valence-corrected chi connectivity index (χ3v) is 3.81. The molecule has 0 unspecified atom stereocenters. The molecule has 0 bridgehead atoms. The lowest BCUT2D eigenvalue weighted by Crippen LogP contribution is -2.38. The lowest BCUT2D eigenvalue weighted by Gasteiger charge is -2.15. The van der Waals surface area contributed by atoms with Crippen LogP contribution in [0.1, 0.15) is 52.2 Å². The summed E-state index contributed by atoms with van der Waals surface area (Å²) in [4.78, 5) is 8.87. The van der Waals surface area contributed by atoms with Crippen molar-refractivity contribution < 1.29 is 9.15 Å². The fourth-order valence-electron chi connectivity index (χ4n) is 2.35. The van der Waals surface area contributed by atoms with E-state index >= 15 is 0 Å². The first-order valence-corrected chi connectivity index (χ1v) is 8.72. The van der Waals surface area contributed by atoms with Crippen LogP contribution in [0.2, 0.25) is 0 Å². The fourth-order valence-corrected chi connectivity index (χ4v) is 2.35. The molecule has 25 heavy (non-hydrogen) atoms. The maximum atomic E-state index is 5.78. The van der Waals surface area contributed by atoms with Crippen molar-refractivity contribution in [3.05, 3.63) is 29.5 Å². The molecule has 6 nitrogen and oxygen atoms in total. The molecule has 0 amide bonds. The smallest absolute Gasteiger partial charge is 0.216 e. The molecular weight excluding hydrogens is 431 g/mol. The number of nitrogens with zero attached hydrogens (tertiary/aromatic N) is 2. The third-order valence-electron chi connectivity index (χ3n) is 3.81. The number of oxazole rings is 1. The number of ether oxygens (including phenoxy) is 1. The number of rotatable bonds is 6. The Morgan fingerprint density at radius 3 is 2.72 bits per heavy atom. The van der Waals surface area contributed by atoms with Crippen molar-refractivity contribution >= 4 is 29.9 Å². The van der Waals surface area contributed by atoms with Gasteiger partial charge in [0.1, 0.15) is 12.3 Å². The molecule has 0 aromatic carbocycles. The standard InChI is InChI=1S/C18H30N4O2.HI/c1-5-19-17(20-9-6-14-7-10-23-11-8-14)22-13-16-21-12-15(24-16)18(2,3)4;/h7,12H,5-6,8-11,13H2,1-4H3,(H2,19,20,22);1H. The Morgan fingerprint density at radius 1 is 1.32 bits per heavy atom. The van der Waals surface area contributed by atoms with Gasteiger partial charge >= 0.3 is 0 Å². The van der Waals surface area contributed by atoms with Gasteiger partial charge in [0.15, 0.2) is 5.96 Å². The Kier molecular flexibility index (Phi) is 9.48. The molecular formula is C18H31IN4O2. The van der Waals surface area contributed by atoms with E-state index in [4.69, 9.17) is 9.15 Å². The summed E-state index contributed by atoms with van der Waals surface area (Å²) in [7, 11) is 0. The van der Waals surface area contributed by atoms with Crippen LogP contribution in [0.15, 0.2) is 27.3 Å². The van der Waals surface area contributed by atoms with E-state index in [0.29, 0.717) is 12.4 Å². The summed E-state index contributed by atoms with van der Waals surface area (Å²) in [5.41, 5.74) is 1.42. The van der Waals surface area contributed by atoms with Crippen LogP contribution in [0.25, 0.3) is 0 Å². The molecule has 0 fully saturated rings. The van der Waals surface area contributed by atoms with Gasteiger partial charge in [-0.05, 0) is 19.8 Å². The first-order valence-electron chi connectivity index (χ1n) is 8.72. The minimum Gasteiger partial charge on any atom is -0.443 e. The van der Waals surface area contributed by atoms with Gasteiger partial charge in [-0.1, -0.05) is 32.4 Å². The largest absolute Gasteiger partial charge is 0.443 e. The van der Waals surface area contributed by atoms with Gasteiger partial charge in [0.25, 0.3) is 0 Å². The molecule has 1 aromatic heterocycles. The molecule has 2 rings (SSSR count). The van der Waals surface area contributed by atoms with E-state index in [2.05, 4.69) is 54.4 Å². The lowest BCUT2D eigenvalue weighted by molar-refractivity contribution is 0.153. The van der Waals surface area contributed by atoms with E-state index in [1.807, 2.05) is 0 Å². The SMILES string of the molecule is CCNC(=NCc1ncc(C(C)(C)C)o1)NCCC1=CCOCC1.I. The first kappa shape index (κ1) is 22.0. The normalized spacial score (nSPS) is 15.4. The maximum Gasteiger partial charge on any atom is 0.216 e. The first-order chi connectivity index (χ1) is 11.5. The van der Waals surface area contributed by atoms with Crippen LogP contribution in [-0.4, -0.2) is 37.2 Å². The molecule has 7 heteroatoms. The zero-order valence-electron chi connectivity index (χ0n) is 15.7. The summed E-state index contributed by atoms with van der Waals surface area (Å²) in [5.74, 6) is 2.32. The van der Waals surface area contributed by atoms with Crippen molar-refractivity contribution in [3.8, 4) is 0 Å². The van der Waals surface area contributed by atoms with Crippen LogP contribution < -0.4 is 10.6 Å². The van der Waals surface area contributed by atoms with Crippen LogP contribution in [0.3, 0.4) is 0 Å². The molecule has 0 atom stereocenters. The predicted molar refractivity (Wildman–Crippen MR) is 112 cm³/mol. The number of hydrogen-bond donors (Lipinski definition) is 2. The second-order valence-corrected chi connectivity index (χ2v) is 6.93. The molecule has 0 aliphatic carbocycles. The van der Waals surface area contributed by atoms with Crippen LogP contribution >= 0.6 is 24.0 Å². The Hall–Kier alpha value is -1.09. The van der Waals surface area contributed by atoms with E-state index in [1.165, 1.54) is 5.57 Å². The zero-order chi connectivity index (χ0) is 17.4. The summed E-state index contributed by atoms with van der Waals surface area (Å²) in [6.07, 6.45) is 6.01. The Bertz CT molecular complexity index is 576. The van der Waals surface area contributed by atoms with Crippen molar-refractivity contribution in [3.63, 3.8) is 0 Å². The molecule has 142 valence electrons. The minimum atomic E-state index is -0.0326. The van der Waals surface area contributed by atoms with Gasteiger partial charge in [0.2, 0.25) is 5.89 Å². The second kappa shape index (κ2) is 10.8. The number of halogens is 1. The highest BCUT2D eigenvalue weighted by Crippen LogP contribution is 2.22. The van der Waals surface area contributed by atoms with Gasteiger partial charge < -0.3 is 19.8 Å². The van der Waals surface area contributed by atoms with Gasteiger partial charge in [-0.2, -0.15) is 0 Å². The quantitative estimate of drug-likeness (QED) is 0.294. The summed E-state index contributed by atoms with van der Waals surface area (Å²) < 4.78 is 11.1.